The number of aromatic nitrogens is 3. The van der Waals surface area contributed by atoms with Crippen molar-refractivity contribution in [1.82, 2.24) is 14.1 Å². The molecule has 0 spiro atoms. The fourth-order valence-corrected chi connectivity index (χ4v) is 5.11. The summed E-state index contributed by atoms with van der Waals surface area (Å²) < 4.78 is 8.62. The summed E-state index contributed by atoms with van der Waals surface area (Å²) in [5.74, 6) is 0.627. The lowest BCUT2D eigenvalue weighted by molar-refractivity contribution is 0.419. The zero-order chi connectivity index (χ0) is 21.5. The quantitative estimate of drug-likeness (QED) is 0.349. The van der Waals surface area contributed by atoms with Gasteiger partial charge in [-0.1, -0.05) is 31.0 Å². The molecule has 0 atom stereocenters. The Balaban J connectivity index is 1.95. The van der Waals surface area contributed by atoms with E-state index >= 15 is 0 Å². The van der Waals surface area contributed by atoms with E-state index in [1.807, 2.05) is 53.3 Å². The van der Waals surface area contributed by atoms with Gasteiger partial charge in [0, 0.05) is 22.5 Å². The molecule has 1 aliphatic rings. The standard InChI is InChI=1S/C24H23N3O3S/c1-30-20-12-6-11-18-21(20)25-14-19-22(18)26(15-7-3-4-8-15)24(29)27(23(19)28)16-9-5-10-17(13-16)31-2/h5-6,9-15H,3-4,7-8H2,1-2H3. The van der Waals surface area contributed by atoms with Gasteiger partial charge in [-0.05, 0) is 43.4 Å². The molecule has 2 aromatic carbocycles. The van der Waals surface area contributed by atoms with Gasteiger partial charge in [0.2, 0.25) is 0 Å². The Labute approximate surface area is 183 Å². The first-order valence-corrected chi connectivity index (χ1v) is 11.6. The number of fused-ring (bicyclic) bond motifs is 3. The fourth-order valence-electron chi connectivity index (χ4n) is 4.65. The van der Waals surface area contributed by atoms with E-state index in [-0.39, 0.29) is 17.3 Å². The molecule has 0 saturated heterocycles. The molecule has 158 valence electrons. The third-order valence-electron chi connectivity index (χ3n) is 6.13. The molecule has 2 aromatic heterocycles. The van der Waals surface area contributed by atoms with Gasteiger partial charge >= 0.3 is 5.69 Å². The van der Waals surface area contributed by atoms with Crippen molar-refractivity contribution in [3.8, 4) is 11.4 Å². The topological polar surface area (TPSA) is 66.1 Å². The maximum Gasteiger partial charge on any atom is 0.336 e. The second kappa shape index (κ2) is 7.89. The van der Waals surface area contributed by atoms with Gasteiger partial charge in [0.25, 0.3) is 5.56 Å². The van der Waals surface area contributed by atoms with Crippen molar-refractivity contribution in [3.63, 3.8) is 0 Å². The number of nitrogens with zero attached hydrogens (tertiary/aromatic N) is 3. The summed E-state index contributed by atoms with van der Waals surface area (Å²) >= 11 is 1.58. The van der Waals surface area contributed by atoms with Crippen molar-refractivity contribution in [3.05, 3.63) is 69.5 Å². The zero-order valence-corrected chi connectivity index (χ0v) is 18.3. The number of methoxy groups -OCH3 is 1. The number of hydrogen-bond donors (Lipinski definition) is 0. The minimum Gasteiger partial charge on any atom is -0.494 e. The first kappa shape index (κ1) is 19.9. The highest BCUT2D eigenvalue weighted by molar-refractivity contribution is 7.98. The molecule has 6 nitrogen and oxygen atoms in total. The number of para-hydroxylation sites is 1. The maximum atomic E-state index is 13.9. The monoisotopic (exact) mass is 433 g/mol. The van der Waals surface area contributed by atoms with Crippen LogP contribution in [0, 0.1) is 0 Å². The van der Waals surface area contributed by atoms with Crippen molar-refractivity contribution < 1.29 is 4.74 Å². The molecule has 0 bridgehead atoms. The number of hydrogen-bond acceptors (Lipinski definition) is 5. The first-order valence-electron chi connectivity index (χ1n) is 10.4. The minimum absolute atomic E-state index is 0.0578. The summed E-state index contributed by atoms with van der Waals surface area (Å²) in [5.41, 5.74) is 1.26. The normalized spacial score (nSPS) is 14.5. The number of ether oxygens (including phenoxy) is 1. The number of rotatable bonds is 4. The van der Waals surface area contributed by atoms with Crippen molar-refractivity contribution in [2.45, 2.75) is 36.6 Å². The second-order valence-corrected chi connectivity index (χ2v) is 8.69. The van der Waals surface area contributed by atoms with Crippen LogP contribution in [-0.2, 0) is 0 Å². The van der Waals surface area contributed by atoms with Crippen molar-refractivity contribution in [2.75, 3.05) is 13.4 Å². The fraction of sp³-hybridized carbons (Fsp3) is 0.292. The van der Waals surface area contributed by atoms with E-state index in [1.165, 1.54) is 4.57 Å². The zero-order valence-electron chi connectivity index (χ0n) is 17.5. The minimum atomic E-state index is -0.343. The molecule has 1 fully saturated rings. The average molecular weight is 434 g/mol. The third-order valence-corrected chi connectivity index (χ3v) is 6.85. The van der Waals surface area contributed by atoms with Crippen LogP contribution in [0.1, 0.15) is 31.7 Å². The predicted octanol–water partition coefficient (Wildman–Crippen LogP) is 4.55. The van der Waals surface area contributed by atoms with Crippen LogP contribution in [0.5, 0.6) is 5.75 Å². The Kier molecular flexibility index (Phi) is 5.06. The van der Waals surface area contributed by atoms with Gasteiger partial charge in [-0.25, -0.2) is 9.36 Å². The van der Waals surface area contributed by atoms with Crippen LogP contribution in [0.25, 0.3) is 27.5 Å². The molecule has 0 N–H and O–H groups in total. The molecule has 5 rings (SSSR count). The number of pyridine rings is 1. The molecule has 1 saturated carbocycles. The molecule has 2 heterocycles. The van der Waals surface area contributed by atoms with Crippen molar-refractivity contribution in [2.24, 2.45) is 0 Å². The van der Waals surface area contributed by atoms with E-state index in [1.54, 1.807) is 25.1 Å². The van der Waals surface area contributed by atoms with Gasteiger partial charge in [0.1, 0.15) is 11.3 Å². The molecular weight excluding hydrogens is 410 g/mol. The van der Waals surface area contributed by atoms with Gasteiger partial charge < -0.3 is 4.74 Å². The number of benzene rings is 2. The molecular formula is C24H23N3O3S. The summed E-state index contributed by atoms with van der Waals surface area (Å²) in [5, 5.41) is 1.21. The number of thioether (sulfide) groups is 1. The molecule has 0 radical (unpaired) electrons. The van der Waals surface area contributed by atoms with Crippen molar-refractivity contribution >= 4 is 33.6 Å². The van der Waals surface area contributed by atoms with Gasteiger partial charge in [0.05, 0.1) is 23.7 Å². The van der Waals surface area contributed by atoms with Crippen LogP contribution >= 0.6 is 11.8 Å². The summed E-state index contributed by atoms with van der Waals surface area (Å²) in [6, 6.07) is 13.2. The van der Waals surface area contributed by atoms with Gasteiger partial charge in [-0.3, -0.25) is 14.3 Å². The van der Waals surface area contributed by atoms with Crippen LogP contribution in [0.3, 0.4) is 0 Å². The SMILES string of the molecule is COc1cccc2c1ncc1c(=O)n(-c3cccc(SC)c3)c(=O)n(C3CCCC3)c12. The first-order chi connectivity index (χ1) is 15.1. The highest BCUT2D eigenvalue weighted by Gasteiger charge is 2.25. The molecule has 31 heavy (non-hydrogen) atoms. The van der Waals surface area contributed by atoms with Gasteiger partial charge in [-0.2, -0.15) is 0 Å². The average Bonchev–Trinajstić information content (AvgIpc) is 3.33. The van der Waals surface area contributed by atoms with Crippen LogP contribution in [0.4, 0.5) is 0 Å². The van der Waals surface area contributed by atoms with E-state index in [4.69, 9.17) is 4.74 Å². The Morgan fingerprint density at radius 1 is 1.06 bits per heavy atom. The predicted molar refractivity (Wildman–Crippen MR) is 125 cm³/mol. The summed E-state index contributed by atoms with van der Waals surface area (Å²) in [7, 11) is 1.60. The van der Waals surface area contributed by atoms with Crippen LogP contribution in [0.2, 0.25) is 0 Å². The van der Waals surface area contributed by atoms with E-state index in [0.29, 0.717) is 27.9 Å². The van der Waals surface area contributed by atoms with Crippen LogP contribution < -0.4 is 16.0 Å². The Morgan fingerprint density at radius 2 is 1.84 bits per heavy atom. The Bertz CT molecular complexity index is 1420. The third kappa shape index (κ3) is 3.15. The maximum absolute atomic E-state index is 13.9. The summed E-state index contributed by atoms with van der Waals surface area (Å²) in [6.45, 7) is 0. The highest BCUT2D eigenvalue weighted by atomic mass is 32.2. The van der Waals surface area contributed by atoms with Crippen LogP contribution in [-0.4, -0.2) is 27.5 Å². The Hall–Kier alpha value is -3.06. The van der Waals surface area contributed by atoms with Crippen LogP contribution in [0.15, 0.2) is 63.1 Å². The van der Waals surface area contributed by atoms with E-state index in [2.05, 4.69) is 4.98 Å². The smallest absolute Gasteiger partial charge is 0.336 e. The molecule has 0 amide bonds. The molecule has 0 aliphatic heterocycles. The highest BCUT2D eigenvalue weighted by Crippen LogP contribution is 2.34. The lowest BCUT2D eigenvalue weighted by Crippen LogP contribution is -2.40. The molecule has 0 unspecified atom stereocenters. The van der Waals surface area contributed by atoms with E-state index in [0.717, 1.165) is 36.0 Å². The van der Waals surface area contributed by atoms with Gasteiger partial charge in [-0.15, -0.1) is 11.8 Å². The summed E-state index contributed by atoms with van der Waals surface area (Å²) in [6.07, 6.45) is 7.56. The molecule has 7 heteroatoms. The Morgan fingerprint density at radius 3 is 2.58 bits per heavy atom. The molecule has 4 aromatic rings. The van der Waals surface area contributed by atoms with Gasteiger partial charge in [0.15, 0.2) is 0 Å². The van der Waals surface area contributed by atoms with E-state index in [9.17, 15) is 9.59 Å². The summed E-state index contributed by atoms with van der Waals surface area (Å²) in [4.78, 5) is 33.0. The molecule has 1 aliphatic carbocycles. The lowest BCUT2D eigenvalue weighted by atomic mass is 10.1. The lowest BCUT2D eigenvalue weighted by Gasteiger charge is -2.20. The largest absolute Gasteiger partial charge is 0.494 e. The van der Waals surface area contributed by atoms with Crippen molar-refractivity contribution in [1.29, 1.82) is 0 Å². The van der Waals surface area contributed by atoms with E-state index < -0.39 is 0 Å². The second-order valence-electron chi connectivity index (χ2n) is 7.81.